The standard InChI is InChI=1S/C19H22N2O3/c1-13-10-14-4-2-3-5-17(14)21(13)11-15-7-9-24-18(15)19(23)20-8-6-16(22)12-20/h2-5,7,9,13,16,22H,6,8,10-12H2,1H3/t13?,16-/m0/s1. The number of aliphatic hydroxyl groups is 1. The van der Waals surface area contributed by atoms with E-state index in [1.165, 1.54) is 11.3 Å². The van der Waals surface area contributed by atoms with Crippen molar-refractivity contribution >= 4 is 11.6 Å². The SMILES string of the molecule is CC1Cc2ccccc2N1Cc1ccoc1C(=O)N1CC[C@H](O)C1. The van der Waals surface area contributed by atoms with Crippen molar-refractivity contribution in [2.24, 2.45) is 0 Å². The molecule has 1 saturated heterocycles. The van der Waals surface area contributed by atoms with Gasteiger partial charge in [-0.3, -0.25) is 4.79 Å². The van der Waals surface area contributed by atoms with Crippen LogP contribution in [0.15, 0.2) is 41.0 Å². The number of benzene rings is 1. The van der Waals surface area contributed by atoms with Crippen LogP contribution in [0.2, 0.25) is 0 Å². The molecule has 24 heavy (non-hydrogen) atoms. The summed E-state index contributed by atoms with van der Waals surface area (Å²) in [4.78, 5) is 16.7. The van der Waals surface area contributed by atoms with Gasteiger partial charge in [0.2, 0.25) is 0 Å². The quantitative estimate of drug-likeness (QED) is 0.941. The van der Waals surface area contributed by atoms with Crippen LogP contribution in [0.25, 0.3) is 0 Å². The molecule has 2 atom stereocenters. The fourth-order valence-corrected chi connectivity index (χ4v) is 3.77. The molecule has 1 unspecified atom stereocenters. The van der Waals surface area contributed by atoms with Gasteiger partial charge in [-0.15, -0.1) is 0 Å². The Balaban J connectivity index is 1.56. The number of hydrogen-bond acceptors (Lipinski definition) is 4. The number of amides is 1. The highest BCUT2D eigenvalue weighted by atomic mass is 16.3. The summed E-state index contributed by atoms with van der Waals surface area (Å²) in [5.74, 6) is 0.285. The maximum atomic E-state index is 12.7. The first-order chi connectivity index (χ1) is 11.6. The van der Waals surface area contributed by atoms with E-state index in [4.69, 9.17) is 4.42 Å². The number of nitrogens with zero attached hydrogens (tertiary/aromatic N) is 2. The lowest BCUT2D eigenvalue weighted by Gasteiger charge is -2.25. The molecule has 0 bridgehead atoms. The molecule has 0 spiro atoms. The smallest absolute Gasteiger partial charge is 0.290 e. The van der Waals surface area contributed by atoms with E-state index in [-0.39, 0.29) is 5.91 Å². The Kier molecular flexibility index (Phi) is 3.81. The summed E-state index contributed by atoms with van der Waals surface area (Å²) in [6.45, 7) is 3.84. The average Bonchev–Trinajstić information content (AvgIpc) is 3.27. The second kappa shape index (κ2) is 5.98. The van der Waals surface area contributed by atoms with Crippen LogP contribution < -0.4 is 4.90 Å². The third-order valence-corrected chi connectivity index (χ3v) is 5.08. The zero-order valence-electron chi connectivity index (χ0n) is 13.8. The predicted molar refractivity (Wildman–Crippen MR) is 91.0 cm³/mol. The molecular formula is C19H22N2O3. The molecule has 1 aromatic heterocycles. The van der Waals surface area contributed by atoms with Crippen molar-refractivity contribution in [1.82, 2.24) is 4.90 Å². The summed E-state index contributed by atoms with van der Waals surface area (Å²) < 4.78 is 5.51. The number of fused-ring (bicyclic) bond motifs is 1. The van der Waals surface area contributed by atoms with Crippen LogP contribution in [0, 0.1) is 0 Å². The van der Waals surface area contributed by atoms with E-state index < -0.39 is 6.10 Å². The van der Waals surface area contributed by atoms with E-state index in [1.54, 1.807) is 11.2 Å². The van der Waals surface area contributed by atoms with Crippen LogP contribution >= 0.6 is 0 Å². The summed E-state index contributed by atoms with van der Waals surface area (Å²) in [6.07, 6.45) is 2.83. The van der Waals surface area contributed by atoms with Crippen molar-refractivity contribution in [3.05, 3.63) is 53.5 Å². The van der Waals surface area contributed by atoms with E-state index in [9.17, 15) is 9.90 Å². The third-order valence-electron chi connectivity index (χ3n) is 5.08. The lowest BCUT2D eigenvalue weighted by atomic mass is 10.1. The number of β-amino-alcohol motifs (C(OH)–C–C–N with tert-alkyl or cyclic N) is 1. The summed E-state index contributed by atoms with van der Waals surface area (Å²) in [7, 11) is 0. The number of likely N-dealkylation sites (tertiary alicyclic amines) is 1. The predicted octanol–water partition coefficient (Wildman–Crippen LogP) is 2.44. The molecule has 2 aliphatic heterocycles. The minimum Gasteiger partial charge on any atom is -0.459 e. The van der Waals surface area contributed by atoms with E-state index in [1.807, 2.05) is 6.07 Å². The second-order valence-electron chi connectivity index (χ2n) is 6.78. The Morgan fingerprint density at radius 2 is 2.17 bits per heavy atom. The lowest BCUT2D eigenvalue weighted by Crippen LogP contribution is -2.32. The maximum absolute atomic E-state index is 12.7. The fraction of sp³-hybridized carbons (Fsp3) is 0.421. The van der Waals surface area contributed by atoms with Crippen LogP contribution in [0.3, 0.4) is 0 Å². The molecule has 4 rings (SSSR count). The Hall–Kier alpha value is -2.27. The van der Waals surface area contributed by atoms with Gasteiger partial charge in [0.1, 0.15) is 0 Å². The summed E-state index contributed by atoms with van der Waals surface area (Å²) in [6, 6.07) is 10.7. The van der Waals surface area contributed by atoms with E-state index in [0.717, 1.165) is 12.0 Å². The highest BCUT2D eigenvalue weighted by Gasteiger charge is 2.31. The number of carbonyl (C=O) groups is 1. The molecule has 1 amide bonds. The minimum atomic E-state index is -0.419. The number of carbonyl (C=O) groups excluding carboxylic acids is 1. The van der Waals surface area contributed by atoms with Gasteiger partial charge < -0.3 is 19.3 Å². The lowest BCUT2D eigenvalue weighted by molar-refractivity contribution is 0.0732. The van der Waals surface area contributed by atoms with E-state index >= 15 is 0 Å². The number of furan rings is 1. The number of anilines is 1. The highest BCUT2D eigenvalue weighted by Crippen LogP contribution is 2.33. The third kappa shape index (κ3) is 2.59. The molecule has 2 aromatic rings. The van der Waals surface area contributed by atoms with Crippen molar-refractivity contribution in [2.45, 2.75) is 38.5 Å². The molecule has 0 radical (unpaired) electrons. The molecule has 5 nitrogen and oxygen atoms in total. The van der Waals surface area contributed by atoms with Crippen molar-refractivity contribution in [3.63, 3.8) is 0 Å². The second-order valence-corrected chi connectivity index (χ2v) is 6.78. The van der Waals surface area contributed by atoms with E-state index in [2.05, 4.69) is 36.1 Å². The molecule has 3 heterocycles. The minimum absolute atomic E-state index is 0.119. The van der Waals surface area contributed by atoms with Gasteiger partial charge in [-0.05, 0) is 37.5 Å². The first-order valence-corrected chi connectivity index (χ1v) is 8.51. The zero-order chi connectivity index (χ0) is 16.7. The summed E-state index contributed by atoms with van der Waals surface area (Å²) >= 11 is 0. The number of rotatable bonds is 3. The van der Waals surface area contributed by atoms with Gasteiger partial charge in [0.05, 0.1) is 12.4 Å². The number of aliphatic hydroxyl groups excluding tert-OH is 1. The van der Waals surface area contributed by atoms with E-state index in [0.29, 0.717) is 37.9 Å². The number of para-hydroxylation sites is 1. The maximum Gasteiger partial charge on any atom is 0.290 e. The first kappa shape index (κ1) is 15.3. The summed E-state index contributed by atoms with van der Waals surface area (Å²) in [5, 5.41) is 9.66. The highest BCUT2D eigenvalue weighted by molar-refractivity contribution is 5.93. The Morgan fingerprint density at radius 3 is 2.96 bits per heavy atom. The normalized spacial score (nSPS) is 22.9. The van der Waals surface area contributed by atoms with Crippen LogP contribution in [0.1, 0.15) is 35.0 Å². The molecular weight excluding hydrogens is 304 g/mol. The van der Waals surface area contributed by atoms with Crippen molar-refractivity contribution in [2.75, 3.05) is 18.0 Å². The monoisotopic (exact) mass is 326 g/mol. The fourth-order valence-electron chi connectivity index (χ4n) is 3.77. The van der Waals surface area contributed by atoms with Gasteiger partial charge in [0.25, 0.3) is 5.91 Å². The molecule has 1 aromatic carbocycles. The first-order valence-electron chi connectivity index (χ1n) is 8.51. The van der Waals surface area contributed by atoms with Crippen molar-refractivity contribution < 1.29 is 14.3 Å². The molecule has 0 aliphatic carbocycles. The van der Waals surface area contributed by atoms with Gasteiger partial charge in [0.15, 0.2) is 5.76 Å². The molecule has 5 heteroatoms. The van der Waals surface area contributed by atoms with Crippen LogP contribution in [0.4, 0.5) is 5.69 Å². The zero-order valence-corrected chi connectivity index (χ0v) is 13.8. The van der Waals surface area contributed by atoms with Gasteiger partial charge in [-0.2, -0.15) is 0 Å². The molecule has 0 saturated carbocycles. The largest absolute Gasteiger partial charge is 0.459 e. The van der Waals surface area contributed by atoms with Crippen LogP contribution in [0.5, 0.6) is 0 Å². The van der Waals surface area contributed by atoms with Gasteiger partial charge in [0, 0.05) is 36.9 Å². The molecule has 1 fully saturated rings. The van der Waals surface area contributed by atoms with Crippen LogP contribution in [-0.4, -0.2) is 41.1 Å². The van der Waals surface area contributed by atoms with Gasteiger partial charge >= 0.3 is 0 Å². The molecule has 1 N–H and O–H groups in total. The van der Waals surface area contributed by atoms with Crippen molar-refractivity contribution in [3.8, 4) is 0 Å². The average molecular weight is 326 g/mol. The van der Waals surface area contributed by atoms with Crippen LogP contribution in [-0.2, 0) is 13.0 Å². The Labute approximate surface area is 141 Å². The Morgan fingerprint density at radius 1 is 1.33 bits per heavy atom. The topological polar surface area (TPSA) is 56.9 Å². The summed E-state index contributed by atoms with van der Waals surface area (Å²) in [5.41, 5.74) is 3.50. The van der Waals surface area contributed by atoms with Crippen molar-refractivity contribution in [1.29, 1.82) is 0 Å². The van der Waals surface area contributed by atoms with Gasteiger partial charge in [-0.25, -0.2) is 0 Å². The van der Waals surface area contributed by atoms with Gasteiger partial charge in [-0.1, -0.05) is 18.2 Å². The number of hydrogen-bond donors (Lipinski definition) is 1. The Bertz CT molecular complexity index is 755. The molecule has 126 valence electrons. The molecule has 2 aliphatic rings.